The van der Waals surface area contributed by atoms with Crippen LogP contribution in [0.4, 0.5) is 0 Å². The van der Waals surface area contributed by atoms with Gasteiger partial charge in [0.15, 0.2) is 0 Å². The molecule has 1 aliphatic heterocycles. The van der Waals surface area contributed by atoms with Crippen molar-refractivity contribution in [2.75, 3.05) is 33.3 Å². The highest BCUT2D eigenvalue weighted by Crippen LogP contribution is 2.12. The first-order chi connectivity index (χ1) is 9.36. The predicted molar refractivity (Wildman–Crippen MR) is 79.7 cm³/mol. The fraction of sp³-hybridized carbons (Fsp3) is 0.625. The van der Waals surface area contributed by atoms with E-state index in [9.17, 15) is 0 Å². The van der Waals surface area contributed by atoms with Gasteiger partial charge in [-0.05, 0) is 58.0 Å². The summed E-state index contributed by atoms with van der Waals surface area (Å²) in [6.07, 6.45) is 4.99. The van der Waals surface area contributed by atoms with Crippen molar-refractivity contribution < 1.29 is 4.74 Å². The summed E-state index contributed by atoms with van der Waals surface area (Å²) in [6, 6.07) is 10.8. The van der Waals surface area contributed by atoms with Gasteiger partial charge in [0.25, 0.3) is 0 Å². The molecule has 0 saturated carbocycles. The third kappa shape index (κ3) is 5.21. The second kappa shape index (κ2) is 8.18. The Hall–Kier alpha value is -1.06. The number of hydrogen-bond acceptors (Lipinski definition) is 3. The van der Waals surface area contributed by atoms with Crippen LogP contribution in [0.15, 0.2) is 30.3 Å². The van der Waals surface area contributed by atoms with Crippen LogP contribution in [0.25, 0.3) is 0 Å². The van der Waals surface area contributed by atoms with Gasteiger partial charge < -0.3 is 15.0 Å². The lowest BCUT2D eigenvalue weighted by Crippen LogP contribution is -2.33. The SMILES string of the molecule is CN(CCCOc1ccccc1)C1CCCNCC1. The topological polar surface area (TPSA) is 24.5 Å². The normalized spacial score (nSPS) is 20.2. The minimum Gasteiger partial charge on any atom is -0.494 e. The van der Waals surface area contributed by atoms with Crippen molar-refractivity contribution in [1.82, 2.24) is 10.2 Å². The molecule has 1 saturated heterocycles. The van der Waals surface area contributed by atoms with Crippen molar-refractivity contribution in [3.8, 4) is 5.75 Å². The second-order valence-corrected chi connectivity index (χ2v) is 5.33. The molecule has 1 aromatic rings. The van der Waals surface area contributed by atoms with Gasteiger partial charge in [0.2, 0.25) is 0 Å². The molecule has 1 heterocycles. The van der Waals surface area contributed by atoms with Crippen molar-refractivity contribution >= 4 is 0 Å². The Bertz CT molecular complexity index is 334. The molecule has 3 nitrogen and oxygen atoms in total. The molecule has 1 unspecified atom stereocenters. The van der Waals surface area contributed by atoms with E-state index in [-0.39, 0.29) is 0 Å². The molecule has 0 aromatic heterocycles. The summed E-state index contributed by atoms with van der Waals surface area (Å²) in [5, 5.41) is 3.47. The maximum absolute atomic E-state index is 5.73. The van der Waals surface area contributed by atoms with Crippen molar-refractivity contribution in [1.29, 1.82) is 0 Å². The molecule has 2 rings (SSSR count). The van der Waals surface area contributed by atoms with Crippen molar-refractivity contribution in [2.45, 2.75) is 31.7 Å². The first kappa shape index (κ1) is 14.4. The Labute approximate surface area is 116 Å². The summed E-state index contributed by atoms with van der Waals surface area (Å²) in [7, 11) is 2.25. The van der Waals surface area contributed by atoms with E-state index in [1.165, 1.54) is 25.8 Å². The van der Waals surface area contributed by atoms with E-state index in [1.807, 2.05) is 30.3 Å². The molecule has 1 aromatic carbocycles. The molecule has 0 aliphatic carbocycles. The number of nitrogens with zero attached hydrogens (tertiary/aromatic N) is 1. The Morgan fingerprint density at radius 1 is 1.21 bits per heavy atom. The minimum absolute atomic E-state index is 0.742. The zero-order valence-corrected chi connectivity index (χ0v) is 12.0. The lowest BCUT2D eigenvalue weighted by Gasteiger charge is -2.26. The molecule has 106 valence electrons. The van der Waals surface area contributed by atoms with E-state index in [0.717, 1.165) is 37.9 Å². The quantitative estimate of drug-likeness (QED) is 0.797. The highest BCUT2D eigenvalue weighted by Gasteiger charge is 2.15. The van der Waals surface area contributed by atoms with E-state index in [4.69, 9.17) is 4.74 Å². The largest absolute Gasteiger partial charge is 0.494 e. The monoisotopic (exact) mass is 262 g/mol. The zero-order valence-electron chi connectivity index (χ0n) is 12.0. The average molecular weight is 262 g/mol. The third-order valence-electron chi connectivity index (χ3n) is 3.84. The second-order valence-electron chi connectivity index (χ2n) is 5.33. The number of hydrogen-bond donors (Lipinski definition) is 1. The van der Waals surface area contributed by atoms with Crippen LogP contribution in [0.5, 0.6) is 5.75 Å². The van der Waals surface area contributed by atoms with Gasteiger partial charge in [0.1, 0.15) is 5.75 Å². The van der Waals surface area contributed by atoms with Crippen molar-refractivity contribution in [2.24, 2.45) is 0 Å². The molecule has 0 spiro atoms. The summed E-state index contributed by atoms with van der Waals surface area (Å²) in [4.78, 5) is 2.50. The summed E-state index contributed by atoms with van der Waals surface area (Å²) in [5.74, 6) is 0.976. The van der Waals surface area contributed by atoms with Crippen LogP contribution in [-0.4, -0.2) is 44.2 Å². The third-order valence-corrected chi connectivity index (χ3v) is 3.84. The number of benzene rings is 1. The summed E-state index contributed by atoms with van der Waals surface area (Å²) in [6.45, 7) is 4.27. The predicted octanol–water partition coefficient (Wildman–Crippen LogP) is 2.53. The molecule has 3 heteroatoms. The van der Waals surface area contributed by atoms with Crippen LogP contribution in [0.2, 0.25) is 0 Å². The lowest BCUT2D eigenvalue weighted by atomic mass is 10.1. The molecule has 0 bridgehead atoms. The first-order valence-corrected chi connectivity index (χ1v) is 7.45. The molecule has 0 amide bonds. The molecule has 19 heavy (non-hydrogen) atoms. The van der Waals surface area contributed by atoms with E-state index < -0.39 is 0 Å². The van der Waals surface area contributed by atoms with Crippen LogP contribution >= 0.6 is 0 Å². The van der Waals surface area contributed by atoms with E-state index >= 15 is 0 Å². The Morgan fingerprint density at radius 2 is 2.05 bits per heavy atom. The number of rotatable bonds is 6. The highest BCUT2D eigenvalue weighted by molar-refractivity contribution is 5.20. The van der Waals surface area contributed by atoms with Gasteiger partial charge in [-0.25, -0.2) is 0 Å². The van der Waals surface area contributed by atoms with E-state index in [2.05, 4.69) is 17.3 Å². The van der Waals surface area contributed by atoms with Gasteiger partial charge in [-0.2, -0.15) is 0 Å². The van der Waals surface area contributed by atoms with Gasteiger partial charge in [0.05, 0.1) is 6.61 Å². The van der Waals surface area contributed by atoms with Gasteiger partial charge in [-0.15, -0.1) is 0 Å². The van der Waals surface area contributed by atoms with Gasteiger partial charge in [0, 0.05) is 12.6 Å². The van der Waals surface area contributed by atoms with Gasteiger partial charge >= 0.3 is 0 Å². The highest BCUT2D eigenvalue weighted by atomic mass is 16.5. The standard InChI is InChI=1S/C16H26N2O/c1-18(15-7-5-11-17-12-10-15)13-6-14-19-16-8-3-2-4-9-16/h2-4,8-9,15,17H,5-7,10-14H2,1H3. The van der Waals surface area contributed by atoms with E-state index in [0.29, 0.717) is 0 Å². The van der Waals surface area contributed by atoms with E-state index in [1.54, 1.807) is 0 Å². The number of para-hydroxylation sites is 1. The summed E-state index contributed by atoms with van der Waals surface area (Å²) < 4.78 is 5.73. The number of nitrogens with one attached hydrogen (secondary N) is 1. The van der Waals surface area contributed by atoms with Crippen LogP contribution in [0.3, 0.4) is 0 Å². The van der Waals surface area contributed by atoms with Crippen LogP contribution in [0.1, 0.15) is 25.7 Å². The minimum atomic E-state index is 0.742. The Kier molecular flexibility index (Phi) is 6.18. The molecule has 1 aliphatic rings. The van der Waals surface area contributed by atoms with Crippen LogP contribution in [0, 0.1) is 0 Å². The maximum atomic E-state index is 5.73. The van der Waals surface area contributed by atoms with Crippen LogP contribution < -0.4 is 10.1 Å². The summed E-state index contributed by atoms with van der Waals surface area (Å²) >= 11 is 0. The van der Waals surface area contributed by atoms with Gasteiger partial charge in [-0.3, -0.25) is 0 Å². The maximum Gasteiger partial charge on any atom is 0.119 e. The number of ether oxygens (including phenoxy) is 1. The summed E-state index contributed by atoms with van der Waals surface area (Å²) in [5.41, 5.74) is 0. The Morgan fingerprint density at radius 3 is 2.89 bits per heavy atom. The molecule has 1 atom stereocenters. The van der Waals surface area contributed by atoms with Crippen molar-refractivity contribution in [3.63, 3.8) is 0 Å². The van der Waals surface area contributed by atoms with Gasteiger partial charge in [-0.1, -0.05) is 18.2 Å². The fourth-order valence-electron chi connectivity index (χ4n) is 2.64. The molecular weight excluding hydrogens is 236 g/mol. The zero-order chi connectivity index (χ0) is 13.3. The average Bonchev–Trinajstić information content (AvgIpc) is 2.73. The van der Waals surface area contributed by atoms with Crippen LogP contribution in [-0.2, 0) is 0 Å². The first-order valence-electron chi connectivity index (χ1n) is 7.45. The Balaban J connectivity index is 1.62. The fourth-order valence-corrected chi connectivity index (χ4v) is 2.64. The molecule has 1 N–H and O–H groups in total. The lowest BCUT2D eigenvalue weighted by molar-refractivity contribution is 0.202. The molecule has 1 fully saturated rings. The van der Waals surface area contributed by atoms with Crippen molar-refractivity contribution in [3.05, 3.63) is 30.3 Å². The smallest absolute Gasteiger partial charge is 0.119 e. The molecule has 0 radical (unpaired) electrons. The molecular formula is C16H26N2O.